The zero-order valence-electron chi connectivity index (χ0n) is 14.4. The van der Waals surface area contributed by atoms with Crippen LogP contribution in [0.1, 0.15) is 68.8 Å². The fourth-order valence-electron chi connectivity index (χ4n) is 3.49. The van der Waals surface area contributed by atoms with Crippen LogP contribution in [-0.4, -0.2) is 11.0 Å². The number of para-hydroxylation sites is 1. The van der Waals surface area contributed by atoms with E-state index in [9.17, 15) is 0 Å². The molecule has 0 saturated carbocycles. The summed E-state index contributed by atoms with van der Waals surface area (Å²) in [5, 5.41) is 5.05. The van der Waals surface area contributed by atoms with Gasteiger partial charge in [-0.2, -0.15) is 0 Å². The topological polar surface area (TPSA) is 24.9 Å². The van der Waals surface area contributed by atoms with Gasteiger partial charge >= 0.3 is 0 Å². The number of fused-ring (bicyclic) bond motifs is 2. The molecular weight excluding hydrogens is 268 g/mol. The monoisotopic (exact) mass is 296 g/mol. The fourth-order valence-corrected chi connectivity index (χ4v) is 3.49. The third kappa shape index (κ3) is 2.77. The van der Waals surface area contributed by atoms with Gasteiger partial charge in [0.2, 0.25) is 0 Å². The molecule has 0 spiro atoms. The summed E-state index contributed by atoms with van der Waals surface area (Å²) in [7, 11) is 0. The van der Waals surface area contributed by atoms with Gasteiger partial charge in [-0.3, -0.25) is 4.98 Å². The number of aryl methyl sites for hydroxylation is 1. The lowest BCUT2D eigenvalue weighted by Crippen LogP contribution is -2.25. The maximum absolute atomic E-state index is 5.06. The molecule has 0 aliphatic heterocycles. The van der Waals surface area contributed by atoms with Crippen LogP contribution in [0, 0.1) is 0 Å². The van der Waals surface area contributed by atoms with Crippen LogP contribution in [0.25, 0.3) is 10.9 Å². The van der Waals surface area contributed by atoms with Crippen LogP contribution in [0.15, 0.2) is 18.2 Å². The Labute approximate surface area is 134 Å². The van der Waals surface area contributed by atoms with Crippen LogP contribution in [0.3, 0.4) is 0 Å². The Kier molecular flexibility index (Phi) is 4.49. The quantitative estimate of drug-likeness (QED) is 0.862. The third-order valence-electron chi connectivity index (χ3n) is 5.05. The van der Waals surface area contributed by atoms with Crippen molar-refractivity contribution >= 4 is 10.9 Å². The van der Waals surface area contributed by atoms with Crippen molar-refractivity contribution in [3.8, 4) is 0 Å². The lowest BCUT2D eigenvalue weighted by Gasteiger charge is -2.18. The van der Waals surface area contributed by atoms with Crippen molar-refractivity contribution < 1.29 is 0 Å². The number of benzene rings is 1. The first-order valence-corrected chi connectivity index (χ1v) is 8.78. The minimum atomic E-state index is 0.519. The molecule has 1 aromatic carbocycles. The molecule has 1 atom stereocenters. The minimum absolute atomic E-state index is 0.519. The molecule has 118 valence electrons. The summed E-state index contributed by atoms with van der Waals surface area (Å²) in [6, 6.07) is 7.27. The van der Waals surface area contributed by atoms with Gasteiger partial charge < -0.3 is 5.32 Å². The highest BCUT2D eigenvalue weighted by atomic mass is 14.9. The Bertz CT molecular complexity index is 673. The first-order valence-electron chi connectivity index (χ1n) is 8.78. The number of nitrogens with one attached hydrogen (secondary N) is 1. The van der Waals surface area contributed by atoms with Crippen LogP contribution >= 0.6 is 0 Å². The van der Waals surface area contributed by atoms with E-state index in [1.807, 2.05) is 0 Å². The van der Waals surface area contributed by atoms with Gasteiger partial charge in [0.05, 0.1) is 5.52 Å². The van der Waals surface area contributed by atoms with E-state index in [4.69, 9.17) is 4.98 Å². The SMILES string of the molecule is CCC(C)NCc1c2c(nc3c(C(C)C)cccc13)CCC2. The van der Waals surface area contributed by atoms with Crippen LogP contribution in [0.4, 0.5) is 0 Å². The first-order chi connectivity index (χ1) is 10.6. The van der Waals surface area contributed by atoms with Crippen molar-refractivity contribution in [3.05, 3.63) is 40.6 Å². The van der Waals surface area contributed by atoms with Gasteiger partial charge in [-0.1, -0.05) is 39.0 Å². The summed E-state index contributed by atoms with van der Waals surface area (Å²) in [4.78, 5) is 5.06. The Morgan fingerprint density at radius 3 is 2.73 bits per heavy atom. The van der Waals surface area contributed by atoms with Gasteiger partial charge in [-0.05, 0) is 55.2 Å². The molecule has 1 heterocycles. The summed E-state index contributed by atoms with van der Waals surface area (Å²) >= 11 is 0. The highest BCUT2D eigenvalue weighted by Crippen LogP contribution is 2.33. The van der Waals surface area contributed by atoms with Crippen molar-refractivity contribution in [1.82, 2.24) is 10.3 Å². The predicted molar refractivity (Wildman–Crippen MR) is 94.4 cm³/mol. The molecular formula is C20H28N2. The maximum atomic E-state index is 5.06. The zero-order chi connectivity index (χ0) is 15.7. The molecule has 0 fully saturated rings. The van der Waals surface area contributed by atoms with E-state index in [-0.39, 0.29) is 0 Å². The molecule has 0 saturated heterocycles. The summed E-state index contributed by atoms with van der Waals surface area (Å²) in [5.41, 5.74) is 6.99. The molecule has 1 aliphatic rings. The second-order valence-corrected chi connectivity index (χ2v) is 6.96. The number of aromatic nitrogens is 1. The summed E-state index contributed by atoms with van der Waals surface area (Å²) in [6.45, 7) is 10.0. The van der Waals surface area contributed by atoms with E-state index < -0.39 is 0 Å². The van der Waals surface area contributed by atoms with Crippen molar-refractivity contribution in [2.24, 2.45) is 0 Å². The molecule has 22 heavy (non-hydrogen) atoms. The van der Waals surface area contributed by atoms with E-state index in [1.165, 1.54) is 52.5 Å². The molecule has 1 aliphatic carbocycles. The molecule has 1 aromatic heterocycles. The molecule has 2 heteroatoms. The molecule has 0 bridgehead atoms. The summed E-state index contributed by atoms with van der Waals surface area (Å²) < 4.78 is 0. The van der Waals surface area contributed by atoms with Gasteiger partial charge in [-0.15, -0.1) is 0 Å². The van der Waals surface area contributed by atoms with Gasteiger partial charge in [0, 0.05) is 23.7 Å². The van der Waals surface area contributed by atoms with Crippen LogP contribution < -0.4 is 5.32 Å². The second kappa shape index (κ2) is 6.37. The van der Waals surface area contributed by atoms with Gasteiger partial charge in [0.15, 0.2) is 0 Å². The summed E-state index contributed by atoms with van der Waals surface area (Å²) in [6.07, 6.45) is 4.77. The molecule has 2 aromatic rings. The van der Waals surface area contributed by atoms with Crippen LogP contribution in [0.2, 0.25) is 0 Å². The average molecular weight is 296 g/mol. The number of pyridine rings is 1. The Morgan fingerprint density at radius 1 is 1.18 bits per heavy atom. The Balaban J connectivity index is 2.13. The number of hydrogen-bond donors (Lipinski definition) is 1. The molecule has 0 radical (unpaired) electrons. The maximum Gasteiger partial charge on any atom is 0.0743 e. The zero-order valence-corrected chi connectivity index (χ0v) is 14.4. The number of rotatable bonds is 5. The number of nitrogens with zero attached hydrogens (tertiary/aromatic N) is 1. The fraction of sp³-hybridized carbons (Fsp3) is 0.550. The molecule has 0 amide bonds. The third-order valence-corrected chi connectivity index (χ3v) is 5.05. The van der Waals surface area contributed by atoms with E-state index >= 15 is 0 Å². The molecule has 3 rings (SSSR count). The van der Waals surface area contributed by atoms with Crippen molar-refractivity contribution in [2.75, 3.05) is 0 Å². The van der Waals surface area contributed by atoms with Crippen molar-refractivity contribution in [1.29, 1.82) is 0 Å². The molecule has 1 N–H and O–H groups in total. The second-order valence-electron chi connectivity index (χ2n) is 6.96. The number of hydrogen-bond acceptors (Lipinski definition) is 2. The summed E-state index contributed by atoms with van der Waals surface area (Å²) in [5.74, 6) is 0.519. The van der Waals surface area contributed by atoms with E-state index in [1.54, 1.807) is 0 Å². The van der Waals surface area contributed by atoms with Gasteiger partial charge in [-0.25, -0.2) is 0 Å². The van der Waals surface area contributed by atoms with Crippen LogP contribution in [0.5, 0.6) is 0 Å². The lowest BCUT2D eigenvalue weighted by atomic mass is 9.94. The van der Waals surface area contributed by atoms with Gasteiger partial charge in [0.1, 0.15) is 0 Å². The highest BCUT2D eigenvalue weighted by Gasteiger charge is 2.21. The normalized spacial score (nSPS) is 15.5. The van der Waals surface area contributed by atoms with Crippen molar-refractivity contribution in [3.63, 3.8) is 0 Å². The van der Waals surface area contributed by atoms with Crippen molar-refractivity contribution in [2.45, 2.75) is 71.9 Å². The highest BCUT2D eigenvalue weighted by molar-refractivity contribution is 5.87. The van der Waals surface area contributed by atoms with E-state index in [0.29, 0.717) is 12.0 Å². The smallest absolute Gasteiger partial charge is 0.0743 e. The molecule has 2 nitrogen and oxygen atoms in total. The Morgan fingerprint density at radius 2 is 2.00 bits per heavy atom. The molecule has 1 unspecified atom stereocenters. The first kappa shape index (κ1) is 15.5. The van der Waals surface area contributed by atoms with Gasteiger partial charge in [0.25, 0.3) is 0 Å². The standard InChI is InChI=1S/C20H28N2/c1-5-14(4)21-12-18-16-9-7-11-19(16)22-20-15(13(2)3)8-6-10-17(18)20/h6,8,10,13-14,21H,5,7,9,11-12H2,1-4H3. The minimum Gasteiger partial charge on any atom is -0.310 e. The predicted octanol–water partition coefficient (Wildman–Crippen LogP) is 4.74. The largest absolute Gasteiger partial charge is 0.310 e. The van der Waals surface area contributed by atoms with Crippen LogP contribution in [-0.2, 0) is 19.4 Å². The van der Waals surface area contributed by atoms with E-state index in [0.717, 1.165) is 13.0 Å². The van der Waals surface area contributed by atoms with E-state index in [2.05, 4.69) is 51.2 Å². The Hall–Kier alpha value is -1.41. The average Bonchev–Trinajstić information content (AvgIpc) is 2.98. The lowest BCUT2D eigenvalue weighted by molar-refractivity contribution is 0.534.